The monoisotopic (exact) mass is 387 g/mol. The summed E-state index contributed by atoms with van der Waals surface area (Å²) in [5.74, 6) is 0.311. The van der Waals surface area contributed by atoms with Gasteiger partial charge < -0.3 is 10.2 Å². The smallest absolute Gasteiger partial charge is 0.225 e. The highest BCUT2D eigenvalue weighted by Gasteiger charge is 2.32. The molecule has 0 atom stereocenters. The van der Waals surface area contributed by atoms with E-state index >= 15 is 0 Å². The van der Waals surface area contributed by atoms with E-state index in [4.69, 9.17) is 0 Å². The lowest BCUT2D eigenvalue weighted by Gasteiger charge is -2.36. The van der Waals surface area contributed by atoms with Gasteiger partial charge in [-0.2, -0.15) is 4.31 Å². The quantitative estimate of drug-likeness (QED) is 0.839. The third-order valence-corrected chi connectivity index (χ3v) is 6.67. The molecule has 0 spiro atoms. The van der Waals surface area contributed by atoms with Crippen molar-refractivity contribution in [1.29, 1.82) is 0 Å². The van der Waals surface area contributed by atoms with Gasteiger partial charge in [-0.1, -0.05) is 30.3 Å². The summed E-state index contributed by atoms with van der Waals surface area (Å²) in [6.07, 6.45) is 1.76. The van der Waals surface area contributed by atoms with Crippen LogP contribution in [0.3, 0.4) is 0 Å². The van der Waals surface area contributed by atoms with Gasteiger partial charge in [0, 0.05) is 32.1 Å². The molecular weight excluding hydrogens is 362 g/mol. The number of benzene rings is 1. The second-order valence-corrected chi connectivity index (χ2v) is 8.46. The minimum Gasteiger partial charge on any atom is -0.340 e. The van der Waals surface area contributed by atoms with E-state index in [9.17, 15) is 13.2 Å². The van der Waals surface area contributed by atoms with Crippen LogP contribution >= 0.6 is 12.4 Å². The van der Waals surface area contributed by atoms with Gasteiger partial charge >= 0.3 is 0 Å². The topological polar surface area (TPSA) is 69.7 Å². The molecule has 2 saturated heterocycles. The fourth-order valence-corrected chi connectivity index (χ4v) is 4.91. The standard InChI is InChI=1S/C17H25N3O3S.ClH/c21-17(16-6-8-18-9-7-16)19-10-12-20(13-11-19)24(22,23)14-15-4-2-1-3-5-15;/h1-5,16,18H,6-14H2;1H. The minimum atomic E-state index is -3.33. The summed E-state index contributed by atoms with van der Waals surface area (Å²) < 4.78 is 26.6. The zero-order chi connectivity index (χ0) is 17.0. The molecule has 2 fully saturated rings. The van der Waals surface area contributed by atoms with Crippen molar-refractivity contribution >= 4 is 28.3 Å². The highest BCUT2D eigenvalue weighted by Crippen LogP contribution is 2.18. The normalized spacial score (nSPS) is 20.1. The molecule has 0 unspecified atom stereocenters. The van der Waals surface area contributed by atoms with Gasteiger partial charge in [0.1, 0.15) is 0 Å². The van der Waals surface area contributed by atoms with Gasteiger partial charge in [-0.3, -0.25) is 4.79 Å². The van der Waals surface area contributed by atoms with Crippen LogP contribution < -0.4 is 5.32 Å². The molecule has 8 heteroatoms. The molecule has 0 aromatic heterocycles. The van der Waals surface area contributed by atoms with E-state index < -0.39 is 10.0 Å². The summed E-state index contributed by atoms with van der Waals surface area (Å²) in [7, 11) is -3.33. The predicted molar refractivity (Wildman–Crippen MR) is 100 cm³/mol. The van der Waals surface area contributed by atoms with Gasteiger partial charge in [-0.25, -0.2) is 8.42 Å². The molecule has 6 nitrogen and oxygen atoms in total. The van der Waals surface area contributed by atoms with Crippen LogP contribution in [0.2, 0.25) is 0 Å². The molecule has 1 amide bonds. The molecule has 2 aliphatic heterocycles. The first-order valence-corrected chi connectivity index (χ1v) is 10.2. The van der Waals surface area contributed by atoms with Crippen molar-refractivity contribution in [1.82, 2.24) is 14.5 Å². The number of rotatable bonds is 4. The Bertz CT molecular complexity index is 655. The molecule has 0 aliphatic carbocycles. The van der Waals surface area contributed by atoms with Crippen molar-refractivity contribution in [2.75, 3.05) is 39.3 Å². The number of hydrogen-bond donors (Lipinski definition) is 1. The van der Waals surface area contributed by atoms with Crippen molar-refractivity contribution in [2.45, 2.75) is 18.6 Å². The van der Waals surface area contributed by atoms with Crippen LogP contribution in [0.15, 0.2) is 30.3 Å². The number of piperazine rings is 1. The molecule has 3 rings (SSSR count). The van der Waals surface area contributed by atoms with Crippen LogP contribution in [-0.2, 0) is 20.6 Å². The molecular formula is C17H26ClN3O3S. The van der Waals surface area contributed by atoms with Crippen LogP contribution in [-0.4, -0.2) is 62.8 Å². The van der Waals surface area contributed by atoms with Gasteiger partial charge in [-0.15, -0.1) is 12.4 Å². The number of nitrogens with one attached hydrogen (secondary N) is 1. The van der Waals surface area contributed by atoms with Gasteiger partial charge in [0.2, 0.25) is 15.9 Å². The number of amides is 1. The van der Waals surface area contributed by atoms with Crippen LogP contribution in [0.4, 0.5) is 0 Å². The molecule has 0 radical (unpaired) electrons. The van der Waals surface area contributed by atoms with Gasteiger partial charge in [0.25, 0.3) is 0 Å². The summed E-state index contributed by atoms with van der Waals surface area (Å²) in [5.41, 5.74) is 0.797. The fraction of sp³-hybridized carbons (Fsp3) is 0.588. The van der Waals surface area contributed by atoms with Crippen molar-refractivity contribution in [3.05, 3.63) is 35.9 Å². The van der Waals surface area contributed by atoms with Crippen molar-refractivity contribution in [2.24, 2.45) is 5.92 Å². The lowest BCUT2D eigenvalue weighted by atomic mass is 9.96. The molecule has 1 aromatic carbocycles. The van der Waals surface area contributed by atoms with E-state index in [0.717, 1.165) is 31.5 Å². The van der Waals surface area contributed by atoms with E-state index in [1.807, 2.05) is 35.2 Å². The highest BCUT2D eigenvalue weighted by molar-refractivity contribution is 7.88. The molecule has 1 aromatic rings. The Kier molecular flexibility index (Phi) is 7.25. The fourth-order valence-electron chi connectivity index (χ4n) is 3.39. The maximum atomic E-state index is 12.5. The average molecular weight is 388 g/mol. The second kappa shape index (κ2) is 8.98. The van der Waals surface area contributed by atoms with Crippen molar-refractivity contribution < 1.29 is 13.2 Å². The number of carbonyl (C=O) groups is 1. The predicted octanol–water partition coefficient (Wildman–Crippen LogP) is 1.08. The highest BCUT2D eigenvalue weighted by atomic mass is 35.5. The number of sulfonamides is 1. The van der Waals surface area contributed by atoms with Gasteiger partial charge in [0.05, 0.1) is 5.75 Å². The summed E-state index contributed by atoms with van der Waals surface area (Å²) >= 11 is 0. The largest absolute Gasteiger partial charge is 0.340 e. The van der Waals surface area contributed by atoms with Crippen LogP contribution in [0, 0.1) is 5.92 Å². The van der Waals surface area contributed by atoms with Crippen LogP contribution in [0.5, 0.6) is 0 Å². The zero-order valence-electron chi connectivity index (χ0n) is 14.3. The van der Waals surface area contributed by atoms with E-state index in [1.54, 1.807) is 0 Å². The van der Waals surface area contributed by atoms with Crippen molar-refractivity contribution in [3.8, 4) is 0 Å². The molecule has 0 bridgehead atoms. The molecule has 140 valence electrons. The lowest BCUT2D eigenvalue weighted by molar-refractivity contribution is -0.137. The first-order valence-electron chi connectivity index (χ1n) is 8.57. The van der Waals surface area contributed by atoms with Crippen molar-refractivity contribution in [3.63, 3.8) is 0 Å². The first-order chi connectivity index (χ1) is 11.6. The Morgan fingerprint density at radius 2 is 1.64 bits per heavy atom. The summed E-state index contributed by atoms with van der Waals surface area (Å²) in [5, 5.41) is 3.26. The number of halogens is 1. The van der Waals surface area contributed by atoms with E-state index in [1.165, 1.54) is 4.31 Å². The Hall–Kier alpha value is -1.15. The number of hydrogen-bond acceptors (Lipinski definition) is 4. The van der Waals surface area contributed by atoms with E-state index in [2.05, 4.69) is 5.32 Å². The van der Waals surface area contributed by atoms with Gasteiger partial charge in [0.15, 0.2) is 0 Å². The summed E-state index contributed by atoms with van der Waals surface area (Å²) in [4.78, 5) is 14.4. The molecule has 25 heavy (non-hydrogen) atoms. The average Bonchev–Trinajstić information content (AvgIpc) is 2.62. The Morgan fingerprint density at radius 3 is 2.24 bits per heavy atom. The Labute approximate surface area is 156 Å². The number of carbonyl (C=O) groups excluding carboxylic acids is 1. The number of piperidine rings is 1. The first kappa shape index (κ1) is 20.2. The number of nitrogens with zero attached hydrogens (tertiary/aromatic N) is 2. The molecule has 1 N–H and O–H groups in total. The molecule has 2 heterocycles. The van der Waals surface area contributed by atoms with Crippen LogP contribution in [0.25, 0.3) is 0 Å². The Balaban J connectivity index is 0.00000225. The summed E-state index contributed by atoms with van der Waals surface area (Å²) in [6.45, 7) is 3.56. The van der Waals surface area contributed by atoms with Crippen LogP contribution in [0.1, 0.15) is 18.4 Å². The van der Waals surface area contributed by atoms with Gasteiger partial charge in [-0.05, 0) is 31.5 Å². The SMILES string of the molecule is Cl.O=C(C1CCNCC1)N1CCN(S(=O)(=O)Cc2ccccc2)CC1. The third kappa shape index (κ3) is 5.17. The lowest BCUT2D eigenvalue weighted by Crippen LogP contribution is -2.52. The van der Waals surface area contributed by atoms with E-state index in [-0.39, 0.29) is 30.0 Å². The third-order valence-electron chi connectivity index (χ3n) is 4.82. The maximum absolute atomic E-state index is 12.5. The maximum Gasteiger partial charge on any atom is 0.225 e. The molecule has 2 aliphatic rings. The zero-order valence-corrected chi connectivity index (χ0v) is 15.9. The van der Waals surface area contributed by atoms with E-state index in [0.29, 0.717) is 26.2 Å². The molecule has 0 saturated carbocycles. The second-order valence-electron chi connectivity index (χ2n) is 6.49. The Morgan fingerprint density at radius 1 is 1.04 bits per heavy atom. The summed E-state index contributed by atoms with van der Waals surface area (Å²) in [6, 6.07) is 9.23. The minimum absolute atomic E-state index is 0.